The van der Waals surface area contributed by atoms with E-state index in [1.54, 1.807) is 24.3 Å². The summed E-state index contributed by atoms with van der Waals surface area (Å²) in [4.78, 5) is 4.51. The van der Waals surface area contributed by atoms with Crippen LogP contribution in [0.5, 0.6) is 0 Å². The molecule has 2 rings (SSSR count). The third-order valence-corrected chi connectivity index (χ3v) is 5.85. The van der Waals surface area contributed by atoms with Crippen LogP contribution in [0.15, 0.2) is 52.4 Å². The number of anilines is 1. The maximum absolute atomic E-state index is 12.4. The number of hydrogen-bond donors (Lipinski definition) is 2. The lowest BCUT2D eigenvalue weighted by molar-refractivity contribution is 0.519. The molecule has 0 aliphatic heterocycles. The van der Waals surface area contributed by atoms with Gasteiger partial charge >= 0.3 is 0 Å². The SMILES string of the molecule is Cc1ccc(NC(N)=NCc2ccccc2S(=O)(=O)N(C)C)cc1C. The normalized spacial score (nSPS) is 12.4. The molecule has 0 aromatic heterocycles. The Morgan fingerprint density at radius 1 is 1.12 bits per heavy atom. The molecule has 6 nitrogen and oxygen atoms in total. The minimum absolute atomic E-state index is 0.174. The van der Waals surface area contributed by atoms with Gasteiger partial charge in [-0.05, 0) is 48.7 Å². The number of nitrogens with zero attached hydrogens (tertiary/aromatic N) is 2. The van der Waals surface area contributed by atoms with Gasteiger partial charge in [-0.25, -0.2) is 17.7 Å². The molecule has 2 aromatic rings. The first-order valence-electron chi connectivity index (χ1n) is 7.86. The molecule has 0 bridgehead atoms. The predicted molar refractivity (Wildman–Crippen MR) is 102 cm³/mol. The molecule has 0 saturated heterocycles. The highest BCUT2D eigenvalue weighted by Gasteiger charge is 2.20. The highest BCUT2D eigenvalue weighted by Crippen LogP contribution is 2.19. The lowest BCUT2D eigenvalue weighted by atomic mass is 10.1. The topological polar surface area (TPSA) is 87.8 Å². The Balaban J connectivity index is 2.20. The van der Waals surface area contributed by atoms with Crippen LogP contribution in [0.4, 0.5) is 5.69 Å². The molecule has 7 heteroatoms. The van der Waals surface area contributed by atoms with Gasteiger partial charge in [0.2, 0.25) is 10.0 Å². The van der Waals surface area contributed by atoms with Crippen molar-refractivity contribution in [3.8, 4) is 0 Å². The van der Waals surface area contributed by atoms with Gasteiger partial charge in [-0.15, -0.1) is 0 Å². The van der Waals surface area contributed by atoms with Crippen LogP contribution in [0.1, 0.15) is 16.7 Å². The van der Waals surface area contributed by atoms with Crippen molar-refractivity contribution in [2.45, 2.75) is 25.3 Å². The van der Waals surface area contributed by atoms with Gasteiger partial charge in [0.15, 0.2) is 5.96 Å². The van der Waals surface area contributed by atoms with Gasteiger partial charge in [-0.1, -0.05) is 24.3 Å². The Hall–Kier alpha value is -2.38. The summed E-state index contributed by atoms with van der Waals surface area (Å²) in [5, 5.41) is 3.03. The predicted octanol–water partition coefficient (Wildman–Crippen LogP) is 2.48. The quantitative estimate of drug-likeness (QED) is 0.633. The van der Waals surface area contributed by atoms with Gasteiger partial charge in [0, 0.05) is 19.8 Å². The van der Waals surface area contributed by atoms with Gasteiger partial charge in [0.25, 0.3) is 0 Å². The number of rotatable bonds is 5. The van der Waals surface area contributed by atoms with E-state index in [2.05, 4.69) is 10.3 Å². The number of nitrogens with one attached hydrogen (secondary N) is 1. The number of aliphatic imine (C=N–C) groups is 1. The monoisotopic (exact) mass is 360 g/mol. The minimum Gasteiger partial charge on any atom is -0.370 e. The summed E-state index contributed by atoms with van der Waals surface area (Å²) in [6, 6.07) is 12.7. The van der Waals surface area contributed by atoms with Crippen LogP contribution in [0, 0.1) is 13.8 Å². The first-order valence-corrected chi connectivity index (χ1v) is 9.30. The maximum Gasteiger partial charge on any atom is 0.242 e. The van der Waals surface area contributed by atoms with Gasteiger partial charge in [0.1, 0.15) is 0 Å². The van der Waals surface area contributed by atoms with Crippen molar-refractivity contribution in [3.05, 3.63) is 59.2 Å². The zero-order valence-electron chi connectivity index (χ0n) is 14.9. The molecule has 0 spiro atoms. The molecule has 0 unspecified atom stereocenters. The zero-order valence-corrected chi connectivity index (χ0v) is 15.8. The molecule has 25 heavy (non-hydrogen) atoms. The van der Waals surface area contributed by atoms with E-state index in [9.17, 15) is 8.42 Å². The van der Waals surface area contributed by atoms with Crippen molar-refractivity contribution < 1.29 is 8.42 Å². The van der Waals surface area contributed by atoms with E-state index in [0.29, 0.717) is 5.56 Å². The van der Waals surface area contributed by atoms with Crippen LogP contribution in [0.3, 0.4) is 0 Å². The number of sulfonamides is 1. The van der Waals surface area contributed by atoms with Gasteiger partial charge < -0.3 is 11.1 Å². The van der Waals surface area contributed by atoms with E-state index in [1.165, 1.54) is 24.0 Å². The minimum atomic E-state index is -3.52. The highest BCUT2D eigenvalue weighted by atomic mass is 32.2. The van der Waals surface area contributed by atoms with Crippen molar-refractivity contribution in [1.82, 2.24) is 4.31 Å². The molecule has 3 N–H and O–H groups in total. The average molecular weight is 360 g/mol. The molecule has 0 aliphatic carbocycles. The standard InChI is InChI=1S/C18H24N4O2S/c1-13-9-10-16(11-14(13)2)21-18(19)20-12-15-7-5-6-8-17(15)25(23,24)22(3)4/h5-11H,12H2,1-4H3,(H3,19,20,21). The number of benzene rings is 2. The number of hydrogen-bond acceptors (Lipinski definition) is 3. The molecule has 0 aliphatic rings. The second-order valence-electron chi connectivity index (χ2n) is 6.02. The van der Waals surface area contributed by atoms with E-state index >= 15 is 0 Å². The van der Waals surface area contributed by atoms with Crippen LogP contribution >= 0.6 is 0 Å². The fourth-order valence-corrected chi connectivity index (χ4v) is 3.37. The molecule has 0 amide bonds. The molecule has 0 fully saturated rings. The summed E-state index contributed by atoms with van der Waals surface area (Å²) in [7, 11) is -0.512. The van der Waals surface area contributed by atoms with Crippen LogP contribution < -0.4 is 11.1 Å². The average Bonchev–Trinajstić information content (AvgIpc) is 2.56. The second-order valence-corrected chi connectivity index (χ2v) is 8.14. The highest BCUT2D eigenvalue weighted by molar-refractivity contribution is 7.89. The number of guanidine groups is 1. The third-order valence-electron chi connectivity index (χ3n) is 3.93. The number of aryl methyl sites for hydroxylation is 2. The molecule has 0 saturated carbocycles. The summed E-state index contributed by atoms with van der Waals surface area (Å²) in [5.41, 5.74) is 9.73. The van der Waals surface area contributed by atoms with E-state index in [1.807, 2.05) is 32.0 Å². The van der Waals surface area contributed by atoms with Gasteiger partial charge in [-0.3, -0.25) is 0 Å². The van der Waals surface area contributed by atoms with Crippen molar-refractivity contribution in [2.24, 2.45) is 10.7 Å². The molecule has 0 atom stereocenters. The zero-order chi connectivity index (χ0) is 18.6. The third kappa shape index (κ3) is 4.58. The molecule has 0 heterocycles. The lowest BCUT2D eigenvalue weighted by Gasteiger charge is -2.14. The Labute approximate surface area is 149 Å². The molecular weight excluding hydrogens is 336 g/mol. The maximum atomic E-state index is 12.4. The molecule has 134 valence electrons. The van der Waals surface area contributed by atoms with Gasteiger partial charge in [-0.2, -0.15) is 0 Å². The summed E-state index contributed by atoms with van der Waals surface area (Å²) >= 11 is 0. The first-order chi connectivity index (χ1) is 11.7. The fraction of sp³-hybridized carbons (Fsp3) is 0.278. The number of nitrogens with two attached hydrogens (primary N) is 1. The Kier molecular flexibility index (Phi) is 5.81. The Morgan fingerprint density at radius 2 is 1.80 bits per heavy atom. The summed E-state index contributed by atoms with van der Waals surface area (Å²) < 4.78 is 26.0. The van der Waals surface area contributed by atoms with Crippen LogP contribution in [-0.2, 0) is 16.6 Å². The lowest BCUT2D eigenvalue weighted by Crippen LogP contribution is -2.24. The molecule has 2 aromatic carbocycles. The molecule has 0 radical (unpaired) electrons. The van der Waals surface area contributed by atoms with E-state index in [-0.39, 0.29) is 17.4 Å². The van der Waals surface area contributed by atoms with Crippen LogP contribution in [0.2, 0.25) is 0 Å². The first kappa shape index (κ1) is 19.0. The Morgan fingerprint density at radius 3 is 2.44 bits per heavy atom. The molecular formula is C18H24N4O2S. The van der Waals surface area contributed by atoms with Gasteiger partial charge in [0.05, 0.1) is 11.4 Å². The fourth-order valence-electron chi connectivity index (χ4n) is 2.26. The largest absolute Gasteiger partial charge is 0.370 e. The van der Waals surface area contributed by atoms with Crippen molar-refractivity contribution in [2.75, 3.05) is 19.4 Å². The smallest absolute Gasteiger partial charge is 0.242 e. The Bertz CT molecular complexity index is 890. The van der Waals surface area contributed by atoms with Crippen LogP contribution in [-0.4, -0.2) is 32.8 Å². The van der Waals surface area contributed by atoms with Crippen LogP contribution in [0.25, 0.3) is 0 Å². The second kappa shape index (κ2) is 7.67. The van der Waals surface area contributed by atoms with E-state index < -0.39 is 10.0 Å². The summed E-state index contributed by atoms with van der Waals surface area (Å²) in [6.07, 6.45) is 0. The van der Waals surface area contributed by atoms with E-state index in [0.717, 1.165) is 11.3 Å². The summed E-state index contributed by atoms with van der Waals surface area (Å²) in [6.45, 7) is 4.24. The van der Waals surface area contributed by atoms with Crippen molar-refractivity contribution in [3.63, 3.8) is 0 Å². The van der Waals surface area contributed by atoms with Crippen molar-refractivity contribution >= 4 is 21.7 Å². The summed E-state index contributed by atoms with van der Waals surface area (Å²) in [5.74, 6) is 0.236. The van der Waals surface area contributed by atoms with Crippen molar-refractivity contribution in [1.29, 1.82) is 0 Å². The van der Waals surface area contributed by atoms with E-state index in [4.69, 9.17) is 5.73 Å².